The van der Waals surface area contributed by atoms with E-state index in [9.17, 15) is 4.79 Å². The fourth-order valence-corrected chi connectivity index (χ4v) is 4.58. The maximum Gasteiger partial charge on any atom is 0.373 e. The van der Waals surface area contributed by atoms with Crippen LogP contribution in [0.4, 0.5) is 11.5 Å². The third-order valence-electron chi connectivity index (χ3n) is 6.25. The number of hydrogen-bond acceptors (Lipinski definition) is 7. The molecule has 0 spiro atoms. The third kappa shape index (κ3) is 13.0. The first kappa shape index (κ1) is 40.4. The van der Waals surface area contributed by atoms with Crippen LogP contribution in [0, 0.1) is 12.3 Å². The predicted molar refractivity (Wildman–Crippen MR) is 189 cm³/mol. The lowest BCUT2D eigenvalue weighted by molar-refractivity contribution is -0.191. The zero-order valence-electron chi connectivity index (χ0n) is 27.6. The van der Waals surface area contributed by atoms with E-state index in [-0.39, 0.29) is 24.5 Å². The van der Waals surface area contributed by atoms with Gasteiger partial charge in [0.1, 0.15) is 11.4 Å². The summed E-state index contributed by atoms with van der Waals surface area (Å²) in [5.41, 5.74) is 10.2. The van der Waals surface area contributed by atoms with E-state index in [0.717, 1.165) is 47.0 Å². The molecule has 0 saturated heterocycles. The molecular weight excluding hydrogens is 647 g/mol. The van der Waals surface area contributed by atoms with Crippen molar-refractivity contribution in [2.45, 2.75) is 60.5 Å². The molecule has 0 unspecified atom stereocenters. The normalized spacial score (nSPS) is 10.7. The van der Waals surface area contributed by atoms with Gasteiger partial charge in [0.25, 0.3) is 0 Å². The Labute approximate surface area is 288 Å². The number of halogens is 3. The van der Waals surface area contributed by atoms with Crippen LogP contribution in [0.15, 0.2) is 72.8 Å². The van der Waals surface area contributed by atoms with Gasteiger partial charge in [-0.15, -0.1) is 12.4 Å². The summed E-state index contributed by atoms with van der Waals surface area (Å²) in [5.74, 6) is 0.487. The van der Waals surface area contributed by atoms with Gasteiger partial charge in [-0.1, -0.05) is 61.7 Å². The first-order valence-corrected chi connectivity index (χ1v) is 15.1. The van der Waals surface area contributed by atoms with Gasteiger partial charge in [0.05, 0.1) is 16.9 Å². The third-order valence-corrected chi connectivity index (χ3v) is 6.69. The van der Waals surface area contributed by atoms with E-state index in [4.69, 9.17) is 48.4 Å². The molecule has 2 N–H and O–H groups in total. The minimum Gasteiger partial charge on any atom is -0.456 e. The van der Waals surface area contributed by atoms with Gasteiger partial charge in [0.2, 0.25) is 0 Å². The summed E-state index contributed by atoms with van der Waals surface area (Å²) in [7, 11) is 1.96. The van der Waals surface area contributed by atoms with Crippen LogP contribution in [-0.4, -0.2) is 41.1 Å². The average molecular weight is 690 g/mol. The van der Waals surface area contributed by atoms with Gasteiger partial charge >= 0.3 is 12.1 Å². The van der Waals surface area contributed by atoms with Crippen LogP contribution < -0.4 is 10.6 Å². The smallest absolute Gasteiger partial charge is 0.373 e. The van der Waals surface area contributed by atoms with E-state index >= 15 is 0 Å². The van der Waals surface area contributed by atoms with Crippen LogP contribution in [0.1, 0.15) is 63.9 Å². The van der Waals surface area contributed by atoms with Gasteiger partial charge in [-0.05, 0) is 101 Å². The second-order valence-electron chi connectivity index (χ2n) is 12.6. The second-order valence-corrected chi connectivity index (χ2v) is 13.5. The van der Waals surface area contributed by atoms with Crippen molar-refractivity contribution in [3.8, 4) is 16.9 Å². The predicted octanol–water partition coefficient (Wildman–Crippen LogP) is 9.10. The Morgan fingerprint density at radius 3 is 1.87 bits per heavy atom. The van der Waals surface area contributed by atoms with Gasteiger partial charge in [0, 0.05) is 34.4 Å². The highest BCUT2D eigenvalue weighted by atomic mass is 35.5. The summed E-state index contributed by atoms with van der Waals surface area (Å²) in [6, 6.07) is 22.8. The Kier molecular flexibility index (Phi) is 15.7. The van der Waals surface area contributed by atoms with E-state index in [0.29, 0.717) is 21.0 Å². The molecule has 46 heavy (non-hydrogen) atoms. The molecule has 1 heterocycles. The maximum absolute atomic E-state index is 12.4. The van der Waals surface area contributed by atoms with E-state index in [1.165, 1.54) is 0 Å². The van der Waals surface area contributed by atoms with E-state index in [1.807, 2.05) is 98.9 Å². The summed E-state index contributed by atoms with van der Waals surface area (Å²) >= 11 is 12.5. The van der Waals surface area contributed by atoms with Crippen LogP contribution >= 0.6 is 35.6 Å². The maximum atomic E-state index is 12.4. The first-order chi connectivity index (χ1) is 21.0. The summed E-state index contributed by atoms with van der Waals surface area (Å²) in [5, 5.41) is 5.97. The summed E-state index contributed by atoms with van der Waals surface area (Å²) in [6.07, 6.45) is 1.37. The summed E-state index contributed by atoms with van der Waals surface area (Å²) in [6.45, 7) is 15.0. The molecule has 11 heteroatoms. The molecule has 4 rings (SSSR count). The fourth-order valence-electron chi connectivity index (χ4n) is 4.05. The number of carbonyl (C=O) groups is 1. The van der Waals surface area contributed by atoms with E-state index < -0.39 is 5.60 Å². The van der Waals surface area contributed by atoms with Crippen molar-refractivity contribution in [1.82, 2.24) is 9.78 Å². The zero-order chi connectivity index (χ0) is 33.9. The molecule has 0 atom stereocenters. The molecule has 0 aliphatic rings. The lowest BCUT2D eigenvalue weighted by Gasteiger charge is -2.22. The summed E-state index contributed by atoms with van der Waals surface area (Å²) in [4.78, 5) is 30.7. The molecule has 0 aliphatic heterocycles. The van der Waals surface area contributed by atoms with Crippen molar-refractivity contribution >= 4 is 59.2 Å². The van der Waals surface area contributed by atoms with Gasteiger partial charge in [-0.25, -0.2) is 9.48 Å². The molecule has 0 saturated carbocycles. The van der Waals surface area contributed by atoms with Crippen molar-refractivity contribution in [2.24, 2.45) is 11.1 Å². The molecule has 0 fully saturated rings. The van der Waals surface area contributed by atoms with Crippen LogP contribution in [-0.2, 0) is 14.3 Å². The molecule has 0 bridgehead atoms. The number of carbonyl (C=O) groups excluding carboxylic acids is 3. The highest BCUT2D eigenvalue weighted by Gasteiger charge is 2.20. The Balaban J connectivity index is 0.000000841. The SMILES string of the molecule is CC(C)(C)CCN.Cc1ccc(-n2nc(-c3cc(Cl)cc(Cl)c3)cc2N(C)c2ccc(C(=O)OC(C)(C)C)cc2)cc1.Cl.O=C=O. The Hall–Kier alpha value is -3.65. The van der Waals surface area contributed by atoms with Crippen molar-refractivity contribution in [3.05, 3.63) is 94.0 Å². The number of ether oxygens (including phenoxy) is 1. The number of hydrogen-bond donors (Lipinski definition) is 1. The van der Waals surface area contributed by atoms with Crippen LogP contribution in [0.2, 0.25) is 10.0 Å². The first-order valence-electron chi connectivity index (χ1n) is 14.4. The zero-order valence-corrected chi connectivity index (χ0v) is 29.9. The molecule has 8 nitrogen and oxygen atoms in total. The van der Waals surface area contributed by atoms with Gasteiger partial charge in [-0.3, -0.25) is 0 Å². The van der Waals surface area contributed by atoms with Crippen molar-refractivity contribution in [2.75, 3.05) is 18.5 Å². The molecule has 0 aliphatic carbocycles. The van der Waals surface area contributed by atoms with Gasteiger partial charge in [-0.2, -0.15) is 14.7 Å². The van der Waals surface area contributed by atoms with E-state index in [2.05, 4.69) is 20.8 Å². The van der Waals surface area contributed by atoms with Crippen LogP contribution in [0.5, 0.6) is 0 Å². The molecule has 3 aromatic carbocycles. The number of anilines is 2. The standard InChI is InChI=1S/C28H27Cl2N3O2.C6H15N.CO2.ClH/c1-18-6-10-24(11-7-18)33-26(17-25(31-33)20-14-21(29)16-22(30)15-20)32(5)23-12-8-19(9-13-23)27(34)35-28(2,3)4;1-6(2,3)4-5-7;2-1-3;/h6-17H,1-5H3;4-5,7H2,1-3H3;;1H. The van der Waals surface area contributed by atoms with Crippen molar-refractivity contribution < 1.29 is 19.1 Å². The Morgan fingerprint density at radius 2 is 1.43 bits per heavy atom. The largest absolute Gasteiger partial charge is 0.456 e. The highest BCUT2D eigenvalue weighted by Crippen LogP contribution is 2.33. The number of benzene rings is 3. The van der Waals surface area contributed by atoms with Crippen molar-refractivity contribution in [1.29, 1.82) is 0 Å². The number of aryl methyl sites for hydroxylation is 1. The quantitative estimate of drug-likeness (QED) is 0.201. The molecule has 0 amide bonds. The van der Waals surface area contributed by atoms with Gasteiger partial charge in [0.15, 0.2) is 0 Å². The average Bonchev–Trinajstić information content (AvgIpc) is 3.37. The molecule has 4 aromatic rings. The summed E-state index contributed by atoms with van der Waals surface area (Å²) < 4.78 is 7.36. The molecule has 248 valence electrons. The molecular formula is C35H43Cl3N4O4. The van der Waals surface area contributed by atoms with Crippen LogP contribution in [0.25, 0.3) is 16.9 Å². The number of rotatable bonds is 6. The Morgan fingerprint density at radius 1 is 0.913 bits per heavy atom. The topological polar surface area (TPSA) is 108 Å². The Bertz CT molecular complexity index is 1560. The second kappa shape index (κ2) is 17.9. The lowest BCUT2D eigenvalue weighted by atomic mass is 9.93. The lowest BCUT2D eigenvalue weighted by Crippen LogP contribution is -2.23. The number of aromatic nitrogens is 2. The number of esters is 1. The highest BCUT2D eigenvalue weighted by molar-refractivity contribution is 6.35. The number of nitrogens with zero attached hydrogens (tertiary/aromatic N) is 3. The van der Waals surface area contributed by atoms with Crippen molar-refractivity contribution in [3.63, 3.8) is 0 Å². The fraction of sp³-hybridized carbons (Fsp3) is 0.343. The van der Waals surface area contributed by atoms with Gasteiger partial charge < -0.3 is 15.4 Å². The van der Waals surface area contributed by atoms with E-state index in [1.54, 1.807) is 18.2 Å². The number of nitrogens with two attached hydrogens (primary N) is 1. The molecule has 0 radical (unpaired) electrons. The molecule has 1 aromatic heterocycles. The minimum absolute atomic E-state index is 0. The van der Waals surface area contributed by atoms with Crippen LogP contribution in [0.3, 0.4) is 0 Å². The monoisotopic (exact) mass is 688 g/mol. The minimum atomic E-state index is -0.549.